The largest absolute Gasteiger partial charge is 0.357 e. The van der Waals surface area contributed by atoms with Crippen LogP contribution in [0.4, 0.5) is 0 Å². The molecule has 1 aromatic carbocycles. The second-order valence-corrected chi connectivity index (χ2v) is 7.28. The van der Waals surface area contributed by atoms with Gasteiger partial charge < -0.3 is 21.7 Å². The second-order valence-electron chi connectivity index (χ2n) is 7.28. The van der Waals surface area contributed by atoms with E-state index in [0.717, 1.165) is 12.0 Å². The Morgan fingerprint density at radius 3 is 2.42 bits per heavy atom. The third kappa shape index (κ3) is 7.49. The number of amides is 3. The number of carbonyl (C=O) groups excluding carboxylic acids is 3. The topological polar surface area (TPSA) is 144 Å². The fourth-order valence-electron chi connectivity index (χ4n) is 3.14. The lowest BCUT2D eigenvalue weighted by molar-refractivity contribution is -0.132. The van der Waals surface area contributed by atoms with Crippen molar-refractivity contribution in [3.8, 4) is 0 Å². The second kappa shape index (κ2) is 12.4. The van der Waals surface area contributed by atoms with Gasteiger partial charge in [0.05, 0.1) is 6.20 Å². The Balaban J connectivity index is 2.02. The summed E-state index contributed by atoms with van der Waals surface area (Å²) in [6, 6.07) is 7.34. The summed E-state index contributed by atoms with van der Waals surface area (Å²) in [5, 5.41) is 15.7. The monoisotopic (exact) mass is 429 g/mol. The number of rotatable bonds is 12. The number of likely N-dealkylation sites (N-methyl/N-ethyl adjacent to an activating group) is 1. The third-order valence-corrected chi connectivity index (χ3v) is 4.91. The van der Waals surface area contributed by atoms with E-state index in [1.54, 1.807) is 13.1 Å². The number of nitrogens with zero attached hydrogens (tertiary/aromatic N) is 3. The summed E-state index contributed by atoms with van der Waals surface area (Å²) in [4.78, 5) is 37.7. The van der Waals surface area contributed by atoms with Gasteiger partial charge in [0.1, 0.15) is 18.1 Å². The first-order valence-corrected chi connectivity index (χ1v) is 10.4. The minimum Gasteiger partial charge on any atom is -0.357 e. The van der Waals surface area contributed by atoms with Crippen LogP contribution in [0.2, 0.25) is 0 Å². The first-order chi connectivity index (χ1) is 15.0. The van der Waals surface area contributed by atoms with E-state index < -0.39 is 24.0 Å². The predicted octanol–water partition coefficient (Wildman–Crippen LogP) is -0.0736. The zero-order valence-corrected chi connectivity index (χ0v) is 18.0. The van der Waals surface area contributed by atoms with Crippen molar-refractivity contribution >= 4 is 17.7 Å². The lowest BCUT2D eigenvalue weighted by atomic mass is 10.0. The Kier molecular flexibility index (Phi) is 9.63. The summed E-state index contributed by atoms with van der Waals surface area (Å²) in [7, 11) is 1.52. The fraction of sp³-hybridized carbons (Fsp3) is 0.476. The smallest absolute Gasteiger partial charge is 0.245 e. The number of hydrogen-bond donors (Lipinski definition) is 4. The van der Waals surface area contributed by atoms with Gasteiger partial charge >= 0.3 is 0 Å². The molecular formula is C21H31N7O3. The van der Waals surface area contributed by atoms with Crippen LogP contribution in [0.25, 0.3) is 0 Å². The highest BCUT2D eigenvalue weighted by atomic mass is 16.2. The van der Waals surface area contributed by atoms with Crippen molar-refractivity contribution in [2.24, 2.45) is 5.73 Å². The summed E-state index contributed by atoms with van der Waals surface area (Å²) in [6.07, 6.45) is 5.44. The molecule has 0 saturated heterocycles. The van der Waals surface area contributed by atoms with Crippen LogP contribution in [0.3, 0.4) is 0 Å². The highest BCUT2D eigenvalue weighted by molar-refractivity contribution is 5.92. The van der Waals surface area contributed by atoms with Gasteiger partial charge in [-0.15, -0.1) is 5.10 Å². The Labute approximate surface area is 182 Å². The molecule has 0 unspecified atom stereocenters. The van der Waals surface area contributed by atoms with Crippen molar-refractivity contribution in [2.75, 3.05) is 13.6 Å². The zero-order valence-electron chi connectivity index (χ0n) is 18.0. The predicted molar refractivity (Wildman–Crippen MR) is 116 cm³/mol. The van der Waals surface area contributed by atoms with E-state index in [-0.39, 0.29) is 11.8 Å². The van der Waals surface area contributed by atoms with Gasteiger partial charge in [0.2, 0.25) is 17.7 Å². The summed E-state index contributed by atoms with van der Waals surface area (Å²) < 4.78 is 1.47. The van der Waals surface area contributed by atoms with Gasteiger partial charge in [-0.05, 0) is 38.3 Å². The lowest BCUT2D eigenvalue weighted by Gasteiger charge is -2.23. The molecule has 0 bridgehead atoms. The molecule has 2 aromatic rings. The minimum atomic E-state index is -0.837. The van der Waals surface area contributed by atoms with Gasteiger partial charge in [-0.1, -0.05) is 35.5 Å². The molecule has 31 heavy (non-hydrogen) atoms. The van der Waals surface area contributed by atoms with Crippen LogP contribution in [0.5, 0.6) is 0 Å². The number of unbranched alkanes of at least 4 members (excludes halogenated alkanes) is 1. The Hall–Kier alpha value is -3.27. The van der Waals surface area contributed by atoms with Crippen molar-refractivity contribution < 1.29 is 14.4 Å². The van der Waals surface area contributed by atoms with E-state index in [9.17, 15) is 14.4 Å². The van der Waals surface area contributed by atoms with E-state index in [2.05, 4.69) is 26.3 Å². The number of carbonyl (C=O) groups is 3. The molecule has 0 radical (unpaired) electrons. The normalized spacial score (nSPS) is 13.6. The van der Waals surface area contributed by atoms with Gasteiger partial charge in [0.25, 0.3) is 0 Å². The molecule has 10 heteroatoms. The molecule has 5 N–H and O–H groups in total. The molecule has 3 atom stereocenters. The van der Waals surface area contributed by atoms with E-state index in [1.807, 2.05) is 30.3 Å². The summed E-state index contributed by atoms with van der Waals surface area (Å²) in [5.74, 6) is -1.09. The van der Waals surface area contributed by atoms with Gasteiger partial charge in [0.15, 0.2) is 0 Å². The molecule has 168 valence electrons. The Morgan fingerprint density at radius 2 is 1.81 bits per heavy atom. The molecule has 0 aliphatic rings. The SMILES string of the molecule is CNC(=O)[C@H](CCCCN)NC(=O)[C@H](C)NC(=O)[C@H](Cc1ccccc1)n1ccnn1. The van der Waals surface area contributed by atoms with E-state index in [0.29, 0.717) is 25.8 Å². The fourth-order valence-corrected chi connectivity index (χ4v) is 3.14. The average Bonchev–Trinajstić information content (AvgIpc) is 3.31. The highest BCUT2D eigenvalue weighted by Gasteiger charge is 2.27. The van der Waals surface area contributed by atoms with Crippen LogP contribution in [0.1, 0.15) is 37.8 Å². The molecule has 1 heterocycles. The van der Waals surface area contributed by atoms with Crippen LogP contribution in [-0.2, 0) is 20.8 Å². The first-order valence-electron chi connectivity index (χ1n) is 10.4. The van der Waals surface area contributed by atoms with Gasteiger partial charge in [-0.3, -0.25) is 14.4 Å². The molecule has 1 aromatic heterocycles. The summed E-state index contributed by atoms with van der Waals surface area (Å²) >= 11 is 0. The van der Waals surface area contributed by atoms with Crippen LogP contribution in [-0.4, -0.2) is 58.4 Å². The molecule has 0 spiro atoms. The van der Waals surface area contributed by atoms with Crippen LogP contribution < -0.4 is 21.7 Å². The molecular weight excluding hydrogens is 398 g/mol. The number of nitrogens with two attached hydrogens (primary N) is 1. The maximum absolute atomic E-state index is 13.0. The number of aromatic nitrogens is 3. The van der Waals surface area contributed by atoms with Crippen molar-refractivity contribution in [3.05, 3.63) is 48.3 Å². The first kappa shape index (κ1) is 24.0. The van der Waals surface area contributed by atoms with Gasteiger partial charge in [0, 0.05) is 19.7 Å². The van der Waals surface area contributed by atoms with Gasteiger partial charge in [-0.2, -0.15) is 0 Å². The van der Waals surface area contributed by atoms with Crippen LogP contribution in [0.15, 0.2) is 42.7 Å². The Morgan fingerprint density at radius 1 is 1.06 bits per heavy atom. The van der Waals surface area contributed by atoms with Crippen LogP contribution in [0, 0.1) is 0 Å². The van der Waals surface area contributed by atoms with E-state index >= 15 is 0 Å². The molecule has 0 fully saturated rings. The number of nitrogens with one attached hydrogen (secondary N) is 3. The van der Waals surface area contributed by atoms with Gasteiger partial charge in [-0.25, -0.2) is 4.68 Å². The molecule has 0 saturated carbocycles. The summed E-state index contributed by atoms with van der Waals surface area (Å²) in [5.41, 5.74) is 6.46. The molecule has 2 rings (SSSR count). The van der Waals surface area contributed by atoms with Crippen molar-refractivity contribution in [3.63, 3.8) is 0 Å². The highest BCUT2D eigenvalue weighted by Crippen LogP contribution is 2.14. The zero-order chi connectivity index (χ0) is 22.6. The lowest BCUT2D eigenvalue weighted by Crippen LogP contribution is -2.53. The standard InChI is InChI=1S/C21H31N7O3/c1-15(19(29)26-17(20(30)23-2)10-6-7-11-22)25-21(31)18(28-13-12-24-27-28)14-16-8-4-3-5-9-16/h3-5,8-9,12-13,15,17-18H,6-7,10-11,14,22H2,1-2H3,(H,23,30)(H,25,31)(H,26,29)/t15-,17-,18-/m0/s1. The average molecular weight is 430 g/mol. The molecule has 3 amide bonds. The summed E-state index contributed by atoms with van der Waals surface area (Å²) in [6.45, 7) is 2.10. The number of benzene rings is 1. The molecule has 10 nitrogen and oxygen atoms in total. The van der Waals surface area contributed by atoms with Crippen molar-refractivity contribution in [2.45, 2.75) is 50.7 Å². The number of hydrogen-bond acceptors (Lipinski definition) is 6. The third-order valence-electron chi connectivity index (χ3n) is 4.91. The maximum atomic E-state index is 13.0. The van der Waals surface area contributed by atoms with E-state index in [4.69, 9.17) is 5.73 Å². The molecule has 0 aliphatic heterocycles. The van der Waals surface area contributed by atoms with Crippen molar-refractivity contribution in [1.82, 2.24) is 30.9 Å². The molecule has 0 aliphatic carbocycles. The quantitative estimate of drug-likeness (QED) is 0.348. The van der Waals surface area contributed by atoms with Crippen molar-refractivity contribution in [1.29, 1.82) is 0 Å². The van der Waals surface area contributed by atoms with E-state index in [1.165, 1.54) is 17.9 Å². The van der Waals surface area contributed by atoms with Crippen LogP contribution >= 0.6 is 0 Å². The minimum absolute atomic E-state index is 0.284. The Bertz CT molecular complexity index is 827. The maximum Gasteiger partial charge on any atom is 0.245 e.